The maximum Gasteiger partial charge on any atom is 0.416 e. The second kappa shape index (κ2) is 4.81. The van der Waals surface area contributed by atoms with Crippen LogP contribution >= 0.6 is 0 Å². The topological polar surface area (TPSA) is 48.0 Å². The number of fused-ring (bicyclic) bond motifs is 3. The number of rotatable bonds is 3. The zero-order chi connectivity index (χ0) is 16.2. The third-order valence-corrected chi connectivity index (χ3v) is 6.31. The Labute approximate surface area is 132 Å². The van der Waals surface area contributed by atoms with Crippen molar-refractivity contribution in [3.05, 3.63) is 29.8 Å². The van der Waals surface area contributed by atoms with Crippen LogP contribution in [0, 0.1) is 0 Å². The van der Waals surface area contributed by atoms with Crippen molar-refractivity contribution in [1.29, 1.82) is 0 Å². The van der Waals surface area contributed by atoms with Crippen LogP contribution in [0.1, 0.15) is 19.4 Å². The van der Waals surface area contributed by atoms with Crippen molar-refractivity contribution in [2.45, 2.75) is 50.9 Å². The van der Waals surface area contributed by atoms with Crippen LogP contribution in [0.2, 0.25) is 25.7 Å². The SMILES string of the molecule is CC12OOC1(C)N(C(=O)OCC[Si](C)(C)C)c1ccccc12. The summed E-state index contributed by atoms with van der Waals surface area (Å²) in [5.74, 6) is 0. The summed E-state index contributed by atoms with van der Waals surface area (Å²) in [5, 5.41) is 0. The number of amides is 1. The second-order valence-corrected chi connectivity index (χ2v) is 13.1. The van der Waals surface area contributed by atoms with Crippen LogP contribution in [0.5, 0.6) is 0 Å². The molecule has 0 N–H and O–H groups in total. The fraction of sp³-hybridized carbons (Fsp3) is 0.562. The van der Waals surface area contributed by atoms with E-state index in [1.54, 1.807) is 4.90 Å². The van der Waals surface area contributed by atoms with Gasteiger partial charge in [-0.3, -0.25) is 0 Å². The van der Waals surface area contributed by atoms with Gasteiger partial charge < -0.3 is 4.74 Å². The molecule has 120 valence electrons. The van der Waals surface area contributed by atoms with E-state index in [-0.39, 0.29) is 6.09 Å². The number of para-hydroxylation sites is 1. The molecule has 1 fully saturated rings. The molecule has 0 aliphatic carbocycles. The van der Waals surface area contributed by atoms with Crippen molar-refractivity contribution in [2.75, 3.05) is 11.5 Å². The van der Waals surface area contributed by atoms with Crippen LogP contribution < -0.4 is 4.90 Å². The Morgan fingerprint density at radius 3 is 2.50 bits per heavy atom. The quantitative estimate of drug-likeness (QED) is 0.626. The second-order valence-electron chi connectivity index (χ2n) is 7.46. The smallest absolute Gasteiger partial charge is 0.416 e. The van der Waals surface area contributed by atoms with Gasteiger partial charge in [0, 0.05) is 13.6 Å². The van der Waals surface area contributed by atoms with Gasteiger partial charge in [0.1, 0.15) is 0 Å². The average molecular weight is 321 g/mol. The molecule has 0 spiro atoms. The molecule has 2 heterocycles. The van der Waals surface area contributed by atoms with Gasteiger partial charge in [-0.2, -0.15) is 0 Å². The molecule has 22 heavy (non-hydrogen) atoms. The maximum absolute atomic E-state index is 12.6. The summed E-state index contributed by atoms with van der Waals surface area (Å²) in [4.78, 5) is 24.9. The summed E-state index contributed by atoms with van der Waals surface area (Å²) < 4.78 is 5.51. The summed E-state index contributed by atoms with van der Waals surface area (Å²) in [6.45, 7) is 11.0. The highest BCUT2D eigenvalue weighted by molar-refractivity contribution is 6.76. The Morgan fingerprint density at radius 1 is 1.23 bits per heavy atom. The lowest BCUT2D eigenvalue weighted by molar-refractivity contribution is -0.546. The number of anilines is 1. The van der Waals surface area contributed by atoms with E-state index < -0.39 is 19.4 Å². The molecule has 1 saturated heterocycles. The Kier molecular flexibility index (Phi) is 3.39. The lowest BCUT2D eigenvalue weighted by atomic mass is 9.88. The van der Waals surface area contributed by atoms with E-state index in [1.807, 2.05) is 38.1 Å². The van der Waals surface area contributed by atoms with Gasteiger partial charge in [-0.25, -0.2) is 19.5 Å². The number of nitrogens with zero attached hydrogens (tertiary/aromatic N) is 1. The highest BCUT2D eigenvalue weighted by Gasteiger charge is 2.70. The molecule has 6 heteroatoms. The van der Waals surface area contributed by atoms with Gasteiger partial charge >= 0.3 is 6.09 Å². The van der Waals surface area contributed by atoms with Gasteiger partial charge in [-0.1, -0.05) is 37.8 Å². The first kappa shape index (κ1) is 15.5. The number of carbonyl (C=O) groups is 1. The lowest BCUT2D eigenvalue weighted by Crippen LogP contribution is -2.67. The Morgan fingerprint density at radius 2 is 1.91 bits per heavy atom. The molecular weight excluding hydrogens is 298 g/mol. The molecule has 1 amide bonds. The summed E-state index contributed by atoms with van der Waals surface area (Å²) in [6.07, 6.45) is -0.375. The van der Waals surface area contributed by atoms with Crippen LogP contribution in [0.3, 0.4) is 0 Å². The van der Waals surface area contributed by atoms with Crippen LogP contribution in [-0.4, -0.2) is 26.5 Å². The summed E-state index contributed by atoms with van der Waals surface area (Å²) in [5.41, 5.74) is 0.239. The van der Waals surface area contributed by atoms with E-state index >= 15 is 0 Å². The Balaban J connectivity index is 1.83. The Hall–Kier alpha value is -1.37. The zero-order valence-corrected chi connectivity index (χ0v) is 14.8. The van der Waals surface area contributed by atoms with E-state index in [0.717, 1.165) is 17.3 Å². The molecule has 2 atom stereocenters. The first-order valence-electron chi connectivity index (χ1n) is 7.62. The highest BCUT2D eigenvalue weighted by atomic mass is 28.3. The van der Waals surface area contributed by atoms with Crippen LogP contribution in [0.4, 0.5) is 10.5 Å². The first-order valence-corrected chi connectivity index (χ1v) is 11.3. The monoisotopic (exact) mass is 321 g/mol. The Bertz CT molecular complexity index is 614. The largest absolute Gasteiger partial charge is 0.449 e. The molecule has 0 saturated carbocycles. The average Bonchev–Trinajstić information content (AvgIpc) is 2.56. The van der Waals surface area contributed by atoms with E-state index in [0.29, 0.717) is 6.61 Å². The van der Waals surface area contributed by atoms with Crippen LogP contribution in [-0.2, 0) is 20.1 Å². The number of hydrogen-bond donors (Lipinski definition) is 0. The predicted octanol–water partition coefficient (Wildman–Crippen LogP) is 3.87. The minimum absolute atomic E-state index is 0.375. The highest BCUT2D eigenvalue weighted by Crippen LogP contribution is 2.59. The molecule has 1 aromatic carbocycles. The van der Waals surface area contributed by atoms with Crippen molar-refractivity contribution >= 4 is 19.9 Å². The fourth-order valence-electron chi connectivity index (χ4n) is 2.92. The molecule has 0 aromatic heterocycles. The number of hydrogen-bond acceptors (Lipinski definition) is 4. The number of ether oxygens (including phenoxy) is 1. The van der Waals surface area contributed by atoms with Crippen molar-refractivity contribution in [2.24, 2.45) is 0 Å². The van der Waals surface area contributed by atoms with E-state index in [1.165, 1.54) is 0 Å². The predicted molar refractivity (Wildman–Crippen MR) is 86.3 cm³/mol. The molecule has 1 aromatic rings. The van der Waals surface area contributed by atoms with Crippen molar-refractivity contribution < 1.29 is 19.3 Å². The molecule has 2 unspecified atom stereocenters. The van der Waals surface area contributed by atoms with Gasteiger partial charge in [0.15, 0.2) is 5.60 Å². The fourth-order valence-corrected chi connectivity index (χ4v) is 3.63. The van der Waals surface area contributed by atoms with E-state index in [2.05, 4.69) is 19.6 Å². The third-order valence-electron chi connectivity index (χ3n) is 4.60. The molecule has 0 radical (unpaired) electrons. The summed E-state index contributed by atoms with van der Waals surface area (Å²) in [7, 11) is -1.24. The van der Waals surface area contributed by atoms with E-state index in [4.69, 9.17) is 14.5 Å². The minimum Gasteiger partial charge on any atom is -0.449 e. The minimum atomic E-state index is -1.24. The molecule has 2 aliphatic rings. The standard InChI is InChI=1S/C16H23NO4Si/c1-15-12-8-6-7-9-13(12)17(16(15,2)21-20-15)14(18)19-10-11-22(3,4)5/h6-9H,10-11H2,1-5H3. The van der Waals surface area contributed by atoms with Crippen LogP contribution in [0.15, 0.2) is 24.3 Å². The molecule has 5 nitrogen and oxygen atoms in total. The van der Waals surface area contributed by atoms with Gasteiger partial charge in [-0.05, 0) is 26.0 Å². The molecular formula is C16H23NO4Si. The number of benzene rings is 1. The maximum atomic E-state index is 12.6. The summed E-state index contributed by atoms with van der Waals surface area (Å²) in [6, 6.07) is 8.65. The van der Waals surface area contributed by atoms with Gasteiger partial charge in [-0.15, -0.1) is 0 Å². The van der Waals surface area contributed by atoms with E-state index in [9.17, 15) is 4.79 Å². The number of carbonyl (C=O) groups excluding carboxylic acids is 1. The summed E-state index contributed by atoms with van der Waals surface area (Å²) >= 11 is 0. The van der Waals surface area contributed by atoms with Crippen molar-refractivity contribution in [3.63, 3.8) is 0 Å². The van der Waals surface area contributed by atoms with Crippen molar-refractivity contribution in [1.82, 2.24) is 0 Å². The first-order chi connectivity index (χ1) is 10.2. The van der Waals surface area contributed by atoms with Crippen LogP contribution in [0.25, 0.3) is 0 Å². The van der Waals surface area contributed by atoms with Gasteiger partial charge in [0.25, 0.3) is 0 Å². The van der Waals surface area contributed by atoms with Gasteiger partial charge in [0.2, 0.25) is 5.72 Å². The zero-order valence-electron chi connectivity index (χ0n) is 13.8. The lowest BCUT2D eigenvalue weighted by Gasteiger charge is -2.50. The van der Waals surface area contributed by atoms with Crippen molar-refractivity contribution in [3.8, 4) is 0 Å². The molecule has 3 rings (SSSR count). The normalized spacial score (nSPS) is 29.6. The molecule has 2 aliphatic heterocycles. The third kappa shape index (κ3) is 2.09. The van der Waals surface area contributed by atoms with Gasteiger partial charge in [0.05, 0.1) is 12.3 Å². The molecule has 0 bridgehead atoms.